The maximum atomic E-state index is 11.2. The van der Waals surface area contributed by atoms with Gasteiger partial charge in [-0.3, -0.25) is 4.79 Å². The lowest BCUT2D eigenvalue weighted by Gasteiger charge is -2.25. The van der Waals surface area contributed by atoms with E-state index in [1.807, 2.05) is 12.6 Å². The molecule has 0 aromatic rings. The van der Waals surface area contributed by atoms with E-state index >= 15 is 0 Å². The van der Waals surface area contributed by atoms with Gasteiger partial charge in [0.05, 0.1) is 13.0 Å². The monoisotopic (exact) mass is 232 g/mol. The molecule has 3 nitrogen and oxygen atoms in total. The van der Waals surface area contributed by atoms with Crippen LogP contribution in [-0.4, -0.2) is 31.2 Å². The van der Waals surface area contributed by atoms with E-state index in [1.165, 1.54) is 7.11 Å². The Morgan fingerprint density at radius 2 is 2.29 bits per heavy atom. The summed E-state index contributed by atoms with van der Waals surface area (Å²) < 4.78 is 10.5. The molecule has 0 spiro atoms. The van der Waals surface area contributed by atoms with Crippen LogP contribution in [0.1, 0.15) is 6.92 Å². The highest BCUT2D eigenvalue weighted by Crippen LogP contribution is 2.19. The standard InChI is InChI=1S/C9H20O3Si2/c1-6-14(5,12-13-4)7-8(2)9(10)11-3/h6,8H,1,7,13H2,2-5H3. The molecule has 0 aromatic heterocycles. The number of hydrogen-bond donors (Lipinski definition) is 0. The maximum absolute atomic E-state index is 11.2. The number of esters is 1. The van der Waals surface area contributed by atoms with E-state index in [2.05, 4.69) is 24.4 Å². The first-order valence-electron chi connectivity index (χ1n) is 4.84. The first-order chi connectivity index (χ1) is 6.49. The molecular weight excluding hydrogens is 212 g/mol. The SMILES string of the molecule is C=C[Si](C)(CC(C)C(=O)OC)O[SiH2]C. The zero-order valence-electron chi connectivity index (χ0n) is 9.50. The van der Waals surface area contributed by atoms with Gasteiger partial charge < -0.3 is 8.85 Å². The first kappa shape index (κ1) is 13.6. The molecule has 2 unspecified atom stereocenters. The summed E-state index contributed by atoms with van der Waals surface area (Å²) in [5.41, 5.74) is 1.91. The number of carbonyl (C=O) groups is 1. The Kier molecular flexibility index (Phi) is 5.98. The third-order valence-electron chi connectivity index (χ3n) is 2.22. The molecule has 2 atom stereocenters. The van der Waals surface area contributed by atoms with Crippen molar-refractivity contribution in [3.05, 3.63) is 12.3 Å². The smallest absolute Gasteiger partial charge is 0.308 e. The predicted molar refractivity (Wildman–Crippen MR) is 63.3 cm³/mol. The van der Waals surface area contributed by atoms with E-state index in [0.29, 0.717) is 0 Å². The Bertz CT molecular complexity index is 208. The Balaban J connectivity index is 4.30. The van der Waals surface area contributed by atoms with Gasteiger partial charge in [-0.05, 0) is 12.6 Å². The normalized spacial score (nSPS) is 17.7. The van der Waals surface area contributed by atoms with Crippen LogP contribution in [-0.2, 0) is 13.6 Å². The molecule has 0 rings (SSSR count). The Morgan fingerprint density at radius 1 is 1.71 bits per heavy atom. The number of carbonyl (C=O) groups excluding carboxylic acids is 1. The number of hydrogen-bond acceptors (Lipinski definition) is 3. The second-order valence-electron chi connectivity index (χ2n) is 3.58. The van der Waals surface area contributed by atoms with Gasteiger partial charge in [0.15, 0.2) is 0 Å². The highest BCUT2D eigenvalue weighted by molar-refractivity contribution is 6.80. The quantitative estimate of drug-likeness (QED) is 0.511. The summed E-state index contributed by atoms with van der Waals surface area (Å²) >= 11 is 0. The summed E-state index contributed by atoms with van der Waals surface area (Å²) in [4.78, 5) is 11.2. The third-order valence-corrected chi connectivity index (χ3v) is 8.30. The van der Waals surface area contributed by atoms with Gasteiger partial charge in [0.2, 0.25) is 8.32 Å². The molecule has 0 aromatic carbocycles. The van der Waals surface area contributed by atoms with Crippen molar-refractivity contribution in [3.8, 4) is 0 Å². The second-order valence-corrected chi connectivity index (χ2v) is 8.75. The molecule has 0 fully saturated rings. The molecule has 0 N–H and O–H groups in total. The zero-order valence-corrected chi connectivity index (χ0v) is 11.9. The lowest BCUT2D eigenvalue weighted by atomic mass is 10.2. The first-order valence-corrected chi connectivity index (χ1v) is 9.53. The Hall–Kier alpha value is -0.396. The van der Waals surface area contributed by atoms with Gasteiger partial charge in [-0.2, -0.15) is 0 Å². The van der Waals surface area contributed by atoms with Gasteiger partial charge in [-0.1, -0.05) is 19.2 Å². The van der Waals surface area contributed by atoms with Crippen LogP contribution >= 0.6 is 0 Å². The fraction of sp³-hybridized carbons (Fsp3) is 0.667. The van der Waals surface area contributed by atoms with Gasteiger partial charge in [0, 0.05) is 0 Å². The van der Waals surface area contributed by atoms with E-state index in [1.54, 1.807) is 0 Å². The summed E-state index contributed by atoms with van der Waals surface area (Å²) in [7, 11) is -0.860. The van der Waals surface area contributed by atoms with E-state index in [9.17, 15) is 4.79 Å². The van der Waals surface area contributed by atoms with E-state index in [4.69, 9.17) is 4.12 Å². The van der Waals surface area contributed by atoms with Crippen LogP contribution in [0.2, 0.25) is 19.1 Å². The molecule has 0 bridgehead atoms. The van der Waals surface area contributed by atoms with Crippen molar-refractivity contribution in [3.63, 3.8) is 0 Å². The van der Waals surface area contributed by atoms with E-state index in [0.717, 1.165) is 6.04 Å². The van der Waals surface area contributed by atoms with Gasteiger partial charge >= 0.3 is 5.97 Å². The number of rotatable bonds is 6. The second kappa shape index (κ2) is 6.16. The Morgan fingerprint density at radius 3 is 2.64 bits per heavy atom. The van der Waals surface area contributed by atoms with Crippen molar-refractivity contribution < 1.29 is 13.6 Å². The lowest BCUT2D eigenvalue weighted by molar-refractivity contribution is -0.144. The van der Waals surface area contributed by atoms with Crippen molar-refractivity contribution in [2.45, 2.75) is 26.1 Å². The summed E-state index contributed by atoms with van der Waals surface area (Å²) in [6.45, 7) is 9.86. The average Bonchev–Trinajstić information content (AvgIpc) is 2.16. The van der Waals surface area contributed by atoms with Crippen LogP contribution in [0.3, 0.4) is 0 Å². The topological polar surface area (TPSA) is 35.5 Å². The summed E-state index contributed by atoms with van der Waals surface area (Å²) in [6, 6.07) is 0.768. The predicted octanol–water partition coefficient (Wildman–Crippen LogP) is 1.24. The molecule has 0 saturated heterocycles. The Labute approximate surface area is 89.6 Å². The molecule has 0 aliphatic heterocycles. The van der Waals surface area contributed by atoms with Crippen LogP contribution in [0.4, 0.5) is 0 Å². The lowest BCUT2D eigenvalue weighted by Crippen LogP contribution is -2.37. The van der Waals surface area contributed by atoms with Crippen LogP contribution < -0.4 is 0 Å². The van der Waals surface area contributed by atoms with Crippen molar-refractivity contribution in [2.75, 3.05) is 7.11 Å². The van der Waals surface area contributed by atoms with Gasteiger partial charge in [-0.25, -0.2) is 0 Å². The molecule has 5 heteroatoms. The molecule has 0 amide bonds. The van der Waals surface area contributed by atoms with E-state index < -0.39 is 18.1 Å². The van der Waals surface area contributed by atoms with Crippen LogP contribution in [0, 0.1) is 5.92 Å². The number of methoxy groups -OCH3 is 1. The maximum Gasteiger partial charge on any atom is 0.308 e. The molecule has 0 aliphatic rings. The summed E-state index contributed by atoms with van der Waals surface area (Å²) in [6.07, 6.45) is 0. The minimum Gasteiger partial charge on any atom is -0.469 e. The van der Waals surface area contributed by atoms with Crippen molar-refractivity contribution in [1.29, 1.82) is 0 Å². The van der Waals surface area contributed by atoms with Gasteiger partial charge in [0.1, 0.15) is 9.76 Å². The number of ether oxygens (including phenoxy) is 1. The van der Waals surface area contributed by atoms with Gasteiger partial charge in [0.25, 0.3) is 0 Å². The summed E-state index contributed by atoms with van der Waals surface area (Å²) in [5.74, 6) is -0.248. The highest BCUT2D eigenvalue weighted by atomic mass is 28.4. The van der Waals surface area contributed by atoms with Gasteiger partial charge in [-0.15, -0.1) is 6.58 Å². The molecule has 0 aliphatic carbocycles. The van der Waals surface area contributed by atoms with Crippen LogP contribution in [0.5, 0.6) is 0 Å². The van der Waals surface area contributed by atoms with Crippen molar-refractivity contribution in [2.24, 2.45) is 5.92 Å². The van der Waals surface area contributed by atoms with E-state index in [-0.39, 0.29) is 11.9 Å². The van der Waals surface area contributed by atoms with Crippen LogP contribution in [0.15, 0.2) is 12.3 Å². The molecule has 0 heterocycles. The van der Waals surface area contributed by atoms with Crippen LogP contribution in [0.25, 0.3) is 0 Å². The molecule has 0 radical (unpaired) electrons. The summed E-state index contributed by atoms with van der Waals surface area (Å²) in [5, 5.41) is 0. The van der Waals surface area contributed by atoms with Crippen molar-refractivity contribution >= 4 is 24.0 Å². The van der Waals surface area contributed by atoms with Crippen molar-refractivity contribution in [1.82, 2.24) is 0 Å². The third kappa shape index (κ3) is 4.21. The largest absolute Gasteiger partial charge is 0.469 e. The highest BCUT2D eigenvalue weighted by Gasteiger charge is 2.29. The zero-order chi connectivity index (χ0) is 11.2. The molecule has 14 heavy (non-hydrogen) atoms. The fourth-order valence-electron chi connectivity index (χ4n) is 1.42. The fourth-order valence-corrected chi connectivity index (χ4v) is 6.55. The minimum atomic E-state index is -1.84. The minimum absolute atomic E-state index is 0.0878. The molecule has 82 valence electrons. The molecular formula is C9H20O3Si2. The molecule has 0 saturated carbocycles. The average molecular weight is 232 g/mol.